The highest BCUT2D eigenvalue weighted by Crippen LogP contribution is 2.47. The summed E-state index contributed by atoms with van der Waals surface area (Å²) >= 11 is 0. The van der Waals surface area contributed by atoms with Gasteiger partial charge in [-0.05, 0) is 43.6 Å². The van der Waals surface area contributed by atoms with Crippen LogP contribution in [-0.2, 0) is 0 Å². The van der Waals surface area contributed by atoms with Crippen LogP contribution in [0.1, 0.15) is 64.0 Å². The topological polar surface area (TPSA) is 35.2 Å². The Morgan fingerprint density at radius 2 is 2.19 bits per heavy atom. The monoisotopic (exact) mass is 291 g/mol. The lowest BCUT2D eigenvalue weighted by Crippen LogP contribution is -2.46. The summed E-state index contributed by atoms with van der Waals surface area (Å²) in [5.74, 6) is 1.85. The van der Waals surface area contributed by atoms with E-state index in [9.17, 15) is 4.39 Å². The molecule has 1 heterocycles. The molecule has 1 aliphatic carbocycles. The van der Waals surface area contributed by atoms with Crippen LogP contribution in [0.2, 0.25) is 0 Å². The molecular weight excluding hydrogens is 265 g/mol. The number of hydrogen-bond donors (Lipinski definition) is 1. The Balaban J connectivity index is 1.83. The Bertz CT molecular complexity index is 516. The summed E-state index contributed by atoms with van der Waals surface area (Å²) in [5, 5.41) is 0. The van der Waals surface area contributed by atoms with Crippen molar-refractivity contribution in [3.05, 3.63) is 29.6 Å². The molecule has 3 atom stereocenters. The minimum absolute atomic E-state index is 0.0350. The normalized spacial score (nSPS) is 32.0. The van der Waals surface area contributed by atoms with Crippen LogP contribution in [0.5, 0.6) is 5.75 Å². The largest absolute Gasteiger partial charge is 0.487 e. The van der Waals surface area contributed by atoms with E-state index in [-0.39, 0.29) is 17.5 Å². The third-order valence-electron chi connectivity index (χ3n) is 5.00. The lowest BCUT2D eigenvalue weighted by Gasteiger charge is -2.46. The van der Waals surface area contributed by atoms with Crippen LogP contribution in [-0.4, -0.2) is 5.60 Å². The van der Waals surface area contributed by atoms with Crippen LogP contribution in [0.25, 0.3) is 0 Å². The molecule has 0 radical (unpaired) electrons. The quantitative estimate of drug-likeness (QED) is 0.865. The second-order valence-electron chi connectivity index (χ2n) is 7.37. The summed E-state index contributed by atoms with van der Waals surface area (Å²) in [6.45, 7) is 4.55. The molecule has 2 aliphatic rings. The van der Waals surface area contributed by atoms with Gasteiger partial charge in [0.05, 0.1) is 0 Å². The molecule has 3 heteroatoms. The van der Waals surface area contributed by atoms with Crippen LogP contribution in [0.4, 0.5) is 4.39 Å². The number of fused-ring (bicyclic) bond motifs is 1. The maximum absolute atomic E-state index is 13.5. The first kappa shape index (κ1) is 14.8. The SMILES string of the molecule is CC(C)CC1CCCC2(C1)C[C@@H](N)c1ccc(F)cc1O2. The molecule has 1 spiro atoms. The van der Waals surface area contributed by atoms with Gasteiger partial charge < -0.3 is 10.5 Å². The van der Waals surface area contributed by atoms with Crippen molar-refractivity contribution in [1.82, 2.24) is 0 Å². The average Bonchev–Trinajstić information content (AvgIpc) is 2.37. The fraction of sp³-hybridized carbons (Fsp3) is 0.667. The van der Waals surface area contributed by atoms with Crippen LogP contribution in [0.3, 0.4) is 0 Å². The van der Waals surface area contributed by atoms with Gasteiger partial charge in [-0.1, -0.05) is 26.3 Å². The Morgan fingerprint density at radius 1 is 1.38 bits per heavy atom. The molecule has 2 N–H and O–H groups in total. The summed E-state index contributed by atoms with van der Waals surface area (Å²) in [6.07, 6.45) is 6.69. The van der Waals surface area contributed by atoms with Crippen molar-refractivity contribution in [2.45, 2.75) is 64.0 Å². The van der Waals surface area contributed by atoms with Gasteiger partial charge in [0.2, 0.25) is 0 Å². The van der Waals surface area contributed by atoms with Crippen LogP contribution < -0.4 is 10.5 Å². The van der Waals surface area contributed by atoms with Gasteiger partial charge in [-0.2, -0.15) is 0 Å². The first-order valence-corrected chi connectivity index (χ1v) is 8.21. The number of nitrogens with two attached hydrogens (primary N) is 1. The van der Waals surface area contributed by atoms with Gasteiger partial charge >= 0.3 is 0 Å². The van der Waals surface area contributed by atoms with E-state index in [1.807, 2.05) is 0 Å². The highest BCUT2D eigenvalue weighted by Gasteiger charge is 2.43. The lowest BCUT2D eigenvalue weighted by atomic mass is 9.71. The molecule has 1 fully saturated rings. The highest BCUT2D eigenvalue weighted by atomic mass is 19.1. The minimum Gasteiger partial charge on any atom is -0.487 e. The summed E-state index contributed by atoms with van der Waals surface area (Å²) in [4.78, 5) is 0. The molecule has 1 aromatic carbocycles. The maximum atomic E-state index is 13.5. The van der Waals surface area contributed by atoms with E-state index in [0.29, 0.717) is 17.6 Å². The summed E-state index contributed by atoms with van der Waals surface area (Å²) in [6, 6.07) is 4.72. The number of ether oxygens (including phenoxy) is 1. The highest BCUT2D eigenvalue weighted by molar-refractivity contribution is 5.39. The second kappa shape index (κ2) is 5.60. The molecule has 3 rings (SSSR count). The van der Waals surface area contributed by atoms with Gasteiger partial charge in [0.1, 0.15) is 17.2 Å². The van der Waals surface area contributed by atoms with Crippen LogP contribution in [0, 0.1) is 17.7 Å². The molecule has 1 aromatic rings. The zero-order chi connectivity index (χ0) is 15.0. The minimum atomic E-state index is -0.243. The van der Waals surface area contributed by atoms with Crippen molar-refractivity contribution in [3.63, 3.8) is 0 Å². The molecule has 1 aliphatic heterocycles. The zero-order valence-corrected chi connectivity index (χ0v) is 13.1. The summed E-state index contributed by atoms with van der Waals surface area (Å²) in [5.41, 5.74) is 7.13. The van der Waals surface area contributed by atoms with Gasteiger partial charge in [-0.3, -0.25) is 0 Å². The average molecular weight is 291 g/mol. The van der Waals surface area contributed by atoms with Crippen molar-refractivity contribution >= 4 is 0 Å². The molecular formula is C18H26FNO. The molecule has 2 nitrogen and oxygen atoms in total. The Morgan fingerprint density at radius 3 is 2.95 bits per heavy atom. The zero-order valence-electron chi connectivity index (χ0n) is 13.1. The smallest absolute Gasteiger partial charge is 0.127 e. The Kier molecular flexibility index (Phi) is 3.96. The van der Waals surface area contributed by atoms with Crippen molar-refractivity contribution in [2.75, 3.05) is 0 Å². The Hall–Kier alpha value is -1.09. The number of benzene rings is 1. The van der Waals surface area contributed by atoms with Gasteiger partial charge in [-0.15, -0.1) is 0 Å². The van der Waals surface area contributed by atoms with Crippen LogP contribution >= 0.6 is 0 Å². The third kappa shape index (κ3) is 3.08. The van der Waals surface area contributed by atoms with Gasteiger partial charge in [-0.25, -0.2) is 4.39 Å². The molecule has 1 saturated carbocycles. The molecule has 2 unspecified atom stereocenters. The predicted molar refractivity (Wildman–Crippen MR) is 82.7 cm³/mol. The molecule has 0 saturated heterocycles. The van der Waals surface area contributed by atoms with Crippen molar-refractivity contribution in [3.8, 4) is 5.75 Å². The van der Waals surface area contributed by atoms with Crippen molar-refractivity contribution in [2.24, 2.45) is 17.6 Å². The van der Waals surface area contributed by atoms with Crippen LogP contribution in [0.15, 0.2) is 18.2 Å². The van der Waals surface area contributed by atoms with E-state index >= 15 is 0 Å². The molecule has 0 aromatic heterocycles. The maximum Gasteiger partial charge on any atom is 0.127 e. The predicted octanol–water partition coefficient (Wildman–Crippen LogP) is 4.58. The van der Waals surface area contributed by atoms with E-state index in [1.165, 1.54) is 31.4 Å². The molecule has 116 valence electrons. The van der Waals surface area contributed by atoms with Gasteiger partial charge in [0, 0.05) is 24.1 Å². The Labute approximate surface area is 126 Å². The van der Waals surface area contributed by atoms with Gasteiger partial charge in [0.25, 0.3) is 0 Å². The summed E-state index contributed by atoms with van der Waals surface area (Å²) in [7, 11) is 0. The van der Waals surface area contributed by atoms with E-state index in [4.69, 9.17) is 10.5 Å². The van der Waals surface area contributed by atoms with Crippen molar-refractivity contribution in [1.29, 1.82) is 0 Å². The number of rotatable bonds is 2. The fourth-order valence-electron chi connectivity index (χ4n) is 4.28. The van der Waals surface area contributed by atoms with E-state index in [0.717, 1.165) is 24.8 Å². The molecule has 0 amide bonds. The fourth-order valence-corrected chi connectivity index (χ4v) is 4.28. The van der Waals surface area contributed by atoms with E-state index in [1.54, 1.807) is 6.07 Å². The van der Waals surface area contributed by atoms with Crippen molar-refractivity contribution < 1.29 is 9.13 Å². The van der Waals surface area contributed by atoms with E-state index in [2.05, 4.69) is 13.8 Å². The second-order valence-corrected chi connectivity index (χ2v) is 7.37. The third-order valence-corrected chi connectivity index (χ3v) is 5.00. The lowest BCUT2D eigenvalue weighted by molar-refractivity contribution is -0.0203. The van der Waals surface area contributed by atoms with E-state index < -0.39 is 0 Å². The summed E-state index contributed by atoms with van der Waals surface area (Å²) < 4.78 is 19.8. The first-order chi connectivity index (χ1) is 9.97. The number of halogens is 1. The first-order valence-electron chi connectivity index (χ1n) is 8.21. The van der Waals surface area contributed by atoms with Gasteiger partial charge in [0.15, 0.2) is 0 Å². The standard InChI is InChI=1S/C18H26FNO/c1-12(2)8-13-4-3-7-18(10-13)11-16(20)15-6-5-14(19)9-17(15)21-18/h5-6,9,12-13,16H,3-4,7-8,10-11,20H2,1-2H3/t13?,16-,18?/m1/s1. The number of hydrogen-bond acceptors (Lipinski definition) is 2. The molecule has 0 bridgehead atoms. The molecule has 21 heavy (non-hydrogen) atoms.